The fraction of sp³-hybridized carbons (Fsp3) is 0. The van der Waals surface area contributed by atoms with Crippen LogP contribution in [0.1, 0.15) is 5.56 Å². The highest BCUT2D eigenvalue weighted by Gasteiger charge is 2.08. The van der Waals surface area contributed by atoms with Crippen LogP contribution < -0.4 is 5.73 Å². The lowest BCUT2D eigenvalue weighted by molar-refractivity contribution is 0.626. The molecule has 0 atom stereocenters. The average Bonchev–Trinajstić information content (AvgIpc) is 2.70. The third-order valence-electron chi connectivity index (χ3n) is 1.89. The molecule has 0 aliphatic rings. The maximum atomic E-state index is 13.0. The zero-order chi connectivity index (χ0) is 10.8. The lowest BCUT2D eigenvalue weighted by atomic mass is 10.1. The molecule has 0 spiro atoms. The predicted octanol–water partition coefficient (Wildman–Crippen LogP) is 1.04. The highest BCUT2D eigenvalue weighted by atomic mass is 32.1. The molecule has 0 bridgehead atoms. The first-order chi connectivity index (χ1) is 7.18. The molecule has 6 heteroatoms. The molecule has 0 saturated heterocycles. The zero-order valence-corrected chi connectivity index (χ0v) is 8.41. The summed E-state index contributed by atoms with van der Waals surface area (Å²) in [6.45, 7) is 0. The van der Waals surface area contributed by atoms with Crippen LogP contribution in [0.2, 0.25) is 0 Å². The molecule has 1 aromatic carbocycles. The van der Waals surface area contributed by atoms with E-state index >= 15 is 0 Å². The van der Waals surface area contributed by atoms with Gasteiger partial charge in [0.25, 0.3) is 0 Å². The summed E-state index contributed by atoms with van der Waals surface area (Å²) in [7, 11) is 0. The number of benzene rings is 1. The maximum absolute atomic E-state index is 13.0. The second-order valence-electron chi connectivity index (χ2n) is 2.87. The Morgan fingerprint density at radius 2 is 2.27 bits per heavy atom. The van der Waals surface area contributed by atoms with Crippen molar-refractivity contribution >= 4 is 17.2 Å². The minimum atomic E-state index is -0.387. The van der Waals surface area contributed by atoms with Gasteiger partial charge in [-0.3, -0.25) is 0 Å². The van der Waals surface area contributed by atoms with E-state index in [9.17, 15) is 4.39 Å². The van der Waals surface area contributed by atoms with Gasteiger partial charge in [0.1, 0.15) is 23.5 Å². The van der Waals surface area contributed by atoms with Crippen LogP contribution in [0.15, 0.2) is 30.9 Å². The van der Waals surface area contributed by atoms with E-state index in [0.29, 0.717) is 11.3 Å². The minimum Gasteiger partial charge on any atom is -0.389 e. The summed E-state index contributed by atoms with van der Waals surface area (Å²) < 4.78 is 14.5. The zero-order valence-electron chi connectivity index (χ0n) is 7.59. The Balaban J connectivity index is 2.61. The Morgan fingerprint density at radius 1 is 1.47 bits per heavy atom. The highest BCUT2D eigenvalue weighted by molar-refractivity contribution is 7.80. The van der Waals surface area contributed by atoms with Gasteiger partial charge in [-0.1, -0.05) is 12.2 Å². The molecule has 1 aromatic heterocycles. The van der Waals surface area contributed by atoms with Crippen LogP contribution >= 0.6 is 12.2 Å². The van der Waals surface area contributed by atoms with Crippen LogP contribution in [0.25, 0.3) is 5.69 Å². The molecule has 4 nitrogen and oxygen atoms in total. The Bertz CT molecular complexity index is 495. The van der Waals surface area contributed by atoms with Crippen LogP contribution in [-0.4, -0.2) is 19.8 Å². The van der Waals surface area contributed by atoms with Crippen LogP contribution in [0.3, 0.4) is 0 Å². The van der Waals surface area contributed by atoms with Gasteiger partial charge in [-0.15, -0.1) is 0 Å². The van der Waals surface area contributed by atoms with E-state index in [-0.39, 0.29) is 10.8 Å². The van der Waals surface area contributed by atoms with Crippen LogP contribution in [-0.2, 0) is 0 Å². The van der Waals surface area contributed by atoms with E-state index in [1.165, 1.54) is 29.5 Å². The maximum Gasteiger partial charge on any atom is 0.138 e. The molecule has 2 aromatic rings. The van der Waals surface area contributed by atoms with E-state index in [0.717, 1.165) is 0 Å². The fourth-order valence-electron chi connectivity index (χ4n) is 1.24. The summed E-state index contributed by atoms with van der Waals surface area (Å²) in [5.41, 5.74) is 6.55. The number of hydrogen-bond acceptors (Lipinski definition) is 3. The van der Waals surface area contributed by atoms with Gasteiger partial charge in [0, 0.05) is 5.56 Å². The molecule has 0 unspecified atom stereocenters. The molecule has 1 heterocycles. The van der Waals surface area contributed by atoms with Crippen molar-refractivity contribution in [2.75, 3.05) is 0 Å². The van der Waals surface area contributed by atoms with Gasteiger partial charge in [0.05, 0.1) is 5.69 Å². The molecule has 2 N–H and O–H groups in total. The second-order valence-corrected chi connectivity index (χ2v) is 3.31. The normalized spacial score (nSPS) is 10.2. The van der Waals surface area contributed by atoms with Crippen molar-refractivity contribution in [3.63, 3.8) is 0 Å². The number of aromatic nitrogens is 3. The summed E-state index contributed by atoms with van der Waals surface area (Å²) in [6, 6.07) is 4.15. The van der Waals surface area contributed by atoms with Crippen molar-refractivity contribution in [3.05, 3.63) is 42.2 Å². The summed E-state index contributed by atoms with van der Waals surface area (Å²) in [5, 5.41) is 3.93. The predicted molar refractivity (Wildman–Crippen MR) is 57.2 cm³/mol. The molecule has 76 valence electrons. The molecule has 2 rings (SSSR count). The van der Waals surface area contributed by atoms with Gasteiger partial charge in [-0.2, -0.15) is 5.10 Å². The summed E-state index contributed by atoms with van der Waals surface area (Å²) in [6.07, 6.45) is 2.88. The average molecular weight is 222 g/mol. The Kier molecular flexibility index (Phi) is 2.42. The van der Waals surface area contributed by atoms with Gasteiger partial charge < -0.3 is 5.73 Å². The fourth-order valence-corrected chi connectivity index (χ4v) is 1.40. The molecular weight excluding hydrogens is 215 g/mol. The lowest BCUT2D eigenvalue weighted by Crippen LogP contribution is -2.14. The molecule has 0 amide bonds. The number of nitrogens with two attached hydrogens (primary N) is 1. The van der Waals surface area contributed by atoms with E-state index in [1.807, 2.05) is 0 Å². The standard InChI is InChI=1S/C9H7FN4S/c10-6-1-2-8(7(3-6)9(11)15)14-5-12-4-13-14/h1-5H,(H2,11,15). The van der Waals surface area contributed by atoms with Crippen molar-refractivity contribution in [1.82, 2.24) is 14.8 Å². The Hall–Kier alpha value is -1.82. The van der Waals surface area contributed by atoms with Crippen LogP contribution in [0.5, 0.6) is 0 Å². The van der Waals surface area contributed by atoms with Crippen molar-refractivity contribution in [2.24, 2.45) is 5.73 Å². The van der Waals surface area contributed by atoms with Crippen molar-refractivity contribution in [3.8, 4) is 5.69 Å². The lowest BCUT2D eigenvalue weighted by Gasteiger charge is -2.07. The van der Waals surface area contributed by atoms with E-state index < -0.39 is 0 Å². The second kappa shape index (κ2) is 3.74. The quantitative estimate of drug-likeness (QED) is 0.771. The third kappa shape index (κ3) is 1.84. The molecule has 0 aliphatic heterocycles. The topological polar surface area (TPSA) is 56.7 Å². The number of halogens is 1. The van der Waals surface area contributed by atoms with Gasteiger partial charge in [-0.05, 0) is 18.2 Å². The van der Waals surface area contributed by atoms with E-state index in [2.05, 4.69) is 10.1 Å². The molecule has 0 fully saturated rings. The summed E-state index contributed by atoms with van der Waals surface area (Å²) in [5.74, 6) is -0.387. The molecule has 0 saturated carbocycles. The number of hydrogen-bond donors (Lipinski definition) is 1. The number of nitrogens with zero attached hydrogens (tertiary/aromatic N) is 3. The van der Waals surface area contributed by atoms with Crippen LogP contribution in [0, 0.1) is 5.82 Å². The molecule has 15 heavy (non-hydrogen) atoms. The summed E-state index contributed by atoms with van der Waals surface area (Å²) >= 11 is 4.83. The Morgan fingerprint density at radius 3 is 2.87 bits per heavy atom. The smallest absolute Gasteiger partial charge is 0.138 e. The van der Waals surface area contributed by atoms with Crippen molar-refractivity contribution < 1.29 is 4.39 Å². The van der Waals surface area contributed by atoms with Crippen LogP contribution in [0.4, 0.5) is 4.39 Å². The van der Waals surface area contributed by atoms with E-state index in [4.69, 9.17) is 18.0 Å². The van der Waals surface area contributed by atoms with Crippen molar-refractivity contribution in [2.45, 2.75) is 0 Å². The minimum absolute atomic E-state index is 0.125. The first-order valence-electron chi connectivity index (χ1n) is 4.13. The third-order valence-corrected chi connectivity index (χ3v) is 2.11. The molecule has 0 aliphatic carbocycles. The monoisotopic (exact) mass is 222 g/mol. The largest absolute Gasteiger partial charge is 0.389 e. The van der Waals surface area contributed by atoms with Gasteiger partial charge in [-0.25, -0.2) is 14.1 Å². The van der Waals surface area contributed by atoms with Gasteiger partial charge in [0.15, 0.2) is 0 Å². The first-order valence-corrected chi connectivity index (χ1v) is 4.53. The molecular formula is C9H7FN4S. The Labute approximate surface area is 90.5 Å². The highest BCUT2D eigenvalue weighted by Crippen LogP contribution is 2.14. The van der Waals surface area contributed by atoms with Crippen molar-refractivity contribution in [1.29, 1.82) is 0 Å². The summed E-state index contributed by atoms with van der Waals surface area (Å²) in [4.78, 5) is 3.92. The SMILES string of the molecule is NC(=S)c1cc(F)ccc1-n1cncn1. The van der Waals surface area contributed by atoms with Gasteiger partial charge >= 0.3 is 0 Å². The molecule has 0 radical (unpaired) electrons. The number of rotatable bonds is 2. The first kappa shape index (κ1) is 9.72. The van der Waals surface area contributed by atoms with E-state index in [1.54, 1.807) is 6.07 Å². The van der Waals surface area contributed by atoms with Gasteiger partial charge in [0.2, 0.25) is 0 Å². The number of thiocarbonyl (C=S) groups is 1.